The number of ether oxygens (including phenoxy) is 1. The van der Waals surface area contributed by atoms with Crippen LogP contribution in [0.25, 0.3) is 0 Å². The second-order valence-electron chi connectivity index (χ2n) is 4.30. The minimum atomic E-state index is -2.62. The number of nitrogens with zero attached hydrogens (tertiary/aromatic N) is 3. The van der Waals surface area contributed by atoms with Crippen molar-refractivity contribution in [3.8, 4) is 0 Å². The first-order valence-corrected chi connectivity index (χ1v) is 6.01. The summed E-state index contributed by atoms with van der Waals surface area (Å²) in [4.78, 5) is 11.8. The van der Waals surface area contributed by atoms with Gasteiger partial charge in [0.25, 0.3) is 12.3 Å². The molecule has 106 valence electrons. The summed E-state index contributed by atoms with van der Waals surface area (Å²) in [5.41, 5.74) is 2.93. The van der Waals surface area contributed by atoms with Gasteiger partial charge >= 0.3 is 0 Å². The van der Waals surface area contributed by atoms with Crippen LogP contribution in [-0.4, -0.2) is 47.0 Å². The zero-order valence-corrected chi connectivity index (χ0v) is 10.6. The maximum atomic E-state index is 12.5. The number of hydrogen-bond acceptors (Lipinski definition) is 4. The number of amides is 1. The highest BCUT2D eigenvalue weighted by molar-refractivity contribution is 5.75. The minimum absolute atomic E-state index is 0.0735. The van der Waals surface area contributed by atoms with Gasteiger partial charge < -0.3 is 4.74 Å². The molecule has 6 nitrogen and oxygen atoms in total. The second kappa shape index (κ2) is 6.07. The molecule has 0 radical (unpaired) electrons. The predicted octanol–water partition coefficient (Wildman–Crippen LogP) is 0.493. The Morgan fingerprint density at radius 1 is 1.53 bits per heavy atom. The molecule has 0 saturated carbocycles. The lowest BCUT2D eigenvalue weighted by molar-refractivity contribution is -0.128. The lowest BCUT2D eigenvalue weighted by Gasteiger charge is -2.26. The van der Waals surface area contributed by atoms with E-state index < -0.39 is 6.43 Å². The molecule has 0 atom stereocenters. The fraction of sp³-hybridized carbons (Fsp3) is 0.636. The number of halogens is 2. The van der Waals surface area contributed by atoms with Crippen LogP contribution in [0.2, 0.25) is 0 Å². The van der Waals surface area contributed by atoms with E-state index in [1.807, 2.05) is 0 Å². The third-order valence-corrected chi connectivity index (χ3v) is 2.81. The lowest BCUT2D eigenvalue weighted by atomic mass is 10.4. The van der Waals surface area contributed by atoms with Crippen molar-refractivity contribution >= 4 is 5.91 Å². The van der Waals surface area contributed by atoms with Crippen LogP contribution in [0.4, 0.5) is 8.78 Å². The quantitative estimate of drug-likeness (QED) is 0.868. The molecule has 19 heavy (non-hydrogen) atoms. The molecule has 1 aromatic heterocycles. The zero-order valence-electron chi connectivity index (χ0n) is 10.6. The molecule has 0 bridgehead atoms. The van der Waals surface area contributed by atoms with Crippen LogP contribution in [0.15, 0.2) is 6.07 Å². The summed E-state index contributed by atoms with van der Waals surface area (Å²) in [6.45, 7) is 3.93. The highest BCUT2D eigenvalue weighted by Crippen LogP contribution is 2.17. The van der Waals surface area contributed by atoms with Crippen LogP contribution in [0.1, 0.15) is 17.8 Å². The van der Waals surface area contributed by atoms with Gasteiger partial charge in [0.05, 0.1) is 13.2 Å². The monoisotopic (exact) mass is 274 g/mol. The summed E-state index contributed by atoms with van der Waals surface area (Å²) < 4.78 is 31.4. The molecular weight excluding hydrogens is 258 g/mol. The highest BCUT2D eigenvalue weighted by Gasteiger charge is 2.17. The Kier molecular flexibility index (Phi) is 4.43. The fourth-order valence-corrected chi connectivity index (χ4v) is 1.83. The van der Waals surface area contributed by atoms with E-state index in [2.05, 4.69) is 10.5 Å². The Balaban J connectivity index is 1.91. The van der Waals surface area contributed by atoms with Crippen LogP contribution in [-0.2, 0) is 16.1 Å². The van der Waals surface area contributed by atoms with E-state index in [4.69, 9.17) is 4.74 Å². The number of morpholine rings is 1. The number of aryl methyl sites for hydroxylation is 1. The number of carbonyl (C=O) groups excluding carboxylic acids is 1. The van der Waals surface area contributed by atoms with Crippen molar-refractivity contribution in [2.24, 2.45) is 0 Å². The van der Waals surface area contributed by atoms with Crippen molar-refractivity contribution in [2.45, 2.75) is 19.9 Å². The molecule has 1 aliphatic rings. The SMILES string of the molecule is Cc1cc(C(F)F)nn1CC(=O)NN1CCOCC1. The molecule has 8 heteroatoms. The summed E-state index contributed by atoms with van der Waals surface area (Å²) in [7, 11) is 0. The Labute approximate surface area is 109 Å². The number of aromatic nitrogens is 2. The van der Waals surface area contributed by atoms with Gasteiger partial charge in [-0.15, -0.1) is 0 Å². The van der Waals surface area contributed by atoms with Gasteiger partial charge in [-0.3, -0.25) is 14.9 Å². The molecule has 0 aliphatic carbocycles. The third kappa shape index (κ3) is 3.71. The molecule has 1 amide bonds. The maximum absolute atomic E-state index is 12.5. The molecule has 1 aromatic rings. The number of nitrogens with one attached hydrogen (secondary N) is 1. The summed E-state index contributed by atoms with van der Waals surface area (Å²) >= 11 is 0. The average molecular weight is 274 g/mol. The molecule has 0 spiro atoms. The molecule has 0 unspecified atom stereocenters. The van der Waals surface area contributed by atoms with Crippen molar-refractivity contribution in [3.63, 3.8) is 0 Å². The fourth-order valence-electron chi connectivity index (χ4n) is 1.83. The van der Waals surface area contributed by atoms with Gasteiger partial charge in [0.2, 0.25) is 0 Å². The molecule has 2 rings (SSSR count). The Bertz CT molecular complexity index is 444. The minimum Gasteiger partial charge on any atom is -0.379 e. The average Bonchev–Trinajstić information content (AvgIpc) is 2.72. The standard InChI is InChI=1S/C11H16F2N4O2/c1-8-6-9(11(12)13)14-17(8)7-10(18)15-16-2-4-19-5-3-16/h6,11H,2-5,7H2,1H3,(H,15,18). The maximum Gasteiger partial charge on any atom is 0.282 e. The van der Waals surface area contributed by atoms with Crippen LogP contribution in [0, 0.1) is 6.92 Å². The summed E-state index contributed by atoms with van der Waals surface area (Å²) in [6.07, 6.45) is -2.62. The van der Waals surface area contributed by atoms with Gasteiger partial charge in [-0.2, -0.15) is 5.10 Å². The van der Waals surface area contributed by atoms with Crippen molar-refractivity contribution in [3.05, 3.63) is 17.5 Å². The summed E-state index contributed by atoms with van der Waals surface area (Å²) in [6, 6.07) is 1.28. The topological polar surface area (TPSA) is 59.4 Å². The number of alkyl halides is 2. The first-order chi connectivity index (χ1) is 9.06. The first kappa shape index (κ1) is 13.9. The Morgan fingerprint density at radius 2 is 2.21 bits per heavy atom. The zero-order chi connectivity index (χ0) is 13.8. The van der Waals surface area contributed by atoms with Crippen LogP contribution < -0.4 is 5.43 Å². The van der Waals surface area contributed by atoms with Gasteiger partial charge in [-0.1, -0.05) is 0 Å². The van der Waals surface area contributed by atoms with E-state index >= 15 is 0 Å². The van der Waals surface area contributed by atoms with Crippen molar-refractivity contribution in [1.82, 2.24) is 20.2 Å². The van der Waals surface area contributed by atoms with Crippen LogP contribution in [0.3, 0.4) is 0 Å². The molecule has 1 saturated heterocycles. The van der Waals surface area contributed by atoms with E-state index in [1.54, 1.807) is 11.9 Å². The number of carbonyl (C=O) groups is 1. The number of hydrazine groups is 1. The van der Waals surface area contributed by atoms with Crippen molar-refractivity contribution in [1.29, 1.82) is 0 Å². The normalized spacial score (nSPS) is 16.8. The Morgan fingerprint density at radius 3 is 2.79 bits per heavy atom. The first-order valence-electron chi connectivity index (χ1n) is 6.01. The molecule has 0 aromatic carbocycles. The Hall–Kier alpha value is -1.54. The summed E-state index contributed by atoms with van der Waals surface area (Å²) in [5, 5.41) is 5.45. The van der Waals surface area contributed by atoms with Crippen LogP contribution in [0.5, 0.6) is 0 Å². The third-order valence-electron chi connectivity index (χ3n) is 2.81. The van der Waals surface area contributed by atoms with E-state index in [1.165, 1.54) is 10.7 Å². The van der Waals surface area contributed by atoms with E-state index in [0.29, 0.717) is 32.0 Å². The van der Waals surface area contributed by atoms with Gasteiger partial charge in [0, 0.05) is 18.8 Å². The predicted molar refractivity (Wildman–Crippen MR) is 62.5 cm³/mol. The smallest absolute Gasteiger partial charge is 0.282 e. The summed E-state index contributed by atoms with van der Waals surface area (Å²) in [5.74, 6) is -0.283. The van der Waals surface area contributed by atoms with Crippen LogP contribution >= 0.6 is 0 Å². The highest BCUT2D eigenvalue weighted by atomic mass is 19.3. The van der Waals surface area contributed by atoms with Gasteiger partial charge in [-0.05, 0) is 13.0 Å². The number of hydrogen-bond donors (Lipinski definition) is 1. The second-order valence-corrected chi connectivity index (χ2v) is 4.30. The molecule has 1 aliphatic heterocycles. The van der Waals surface area contributed by atoms with E-state index in [9.17, 15) is 13.6 Å². The van der Waals surface area contributed by atoms with Gasteiger partial charge in [0.1, 0.15) is 12.2 Å². The lowest BCUT2D eigenvalue weighted by Crippen LogP contribution is -2.49. The van der Waals surface area contributed by atoms with E-state index in [-0.39, 0.29) is 18.1 Å². The molecular formula is C11H16F2N4O2. The molecule has 2 heterocycles. The molecule has 1 fully saturated rings. The molecule has 1 N–H and O–H groups in total. The van der Waals surface area contributed by atoms with Gasteiger partial charge in [0.15, 0.2) is 0 Å². The van der Waals surface area contributed by atoms with Crippen molar-refractivity contribution in [2.75, 3.05) is 26.3 Å². The number of rotatable bonds is 4. The van der Waals surface area contributed by atoms with E-state index in [0.717, 1.165) is 0 Å². The van der Waals surface area contributed by atoms with Crippen molar-refractivity contribution < 1.29 is 18.3 Å². The van der Waals surface area contributed by atoms with Gasteiger partial charge in [-0.25, -0.2) is 13.8 Å². The largest absolute Gasteiger partial charge is 0.379 e.